The molecule has 0 spiro atoms. The van der Waals surface area contributed by atoms with Crippen LogP contribution in [0.25, 0.3) is 0 Å². The van der Waals surface area contributed by atoms with Gasteiger partial charge in [0.05, 0.1) is 16.6 Å². The number of hydrogen-bond donors (Lipinski definition) is 1. The summed E-state index contributed by atoms with van der Waals surface area (Å²) in [5, 5.41) is 2.96. The van der Waals surface area contributed by atoms with E-state index in [0.717, 1.165) is 27.1 Å². The first kappa shape index (κ1) is 24.9. The quantitative estimate of drug-likeness (QED) is 0.436. The van der Waals surface area contributed by atoms with Crippen LogP contribution in [-0.2, 0) is 14.8 Å². The maximum absolute atomic E-state index is 13.5. The van der Waals surface area contributed by atoms with Crippen molar-refractivity contribution in [2.24, 2.45) is 0 Å². The summed E-state index contributed by atoms with van der Waals surface area (Å²) >= 11 is 1.54. The molecule has 3 aromatic carbocycles. The third-order valence-electron chi connectivity index (χ3n) is 5.53. The highest BCUT2D eigenvalue weighted by atomic mass is 32.2. The Morgan fingerprint density at radius 1 is 0.939 bits per heavy atom. The number of thioether (sulfide) groups is 1. The Kier molecular flexibility index (Phi) is 7.87. The van der Waals surface area contributed by atoms with Gasteiger partial charge in [0.1, 0.15) is 6.54 Å². The van der Waals surface area contributed by atoms with Crippen molar-refractivity contribution in [3.63, 3.8) is 0 Å². The zero-order chi connectivity index (χ0) is 24.2. The zero-order valence-electron chi connectivity index (χ0n) is 19.6. The molecule has 0 aromatic heterocycles. The van der Waals surface area contributed by atoms with E-state index in [0.29, 0.717) is 5.69 Å². The Balaban J connectivity index is 1.89. The zero-order valence-corrected chi connectivity index (χ0v) is 21.3. The van der Waals surface area contributed by atoms with E-state index in [-0.39, 0.29) is 23.4 Å². The molecule has 0 saturated heterocycles. The number of aryl methyl sites for hydroxylation is 3. The minimum Gasteiger partial charge on any atom is -0.348 e. The van der Waals surface area contributed by atoms with Crippen LogP contribution in [0.3, 0.4) is 0 Å². The van der Waals surface area contributed by atoms with Crippen molar-refractivity contribution < 1.29 is 13.2 Å². The van der Waals surface area contributed by atoms with Crippen LogP contribution in [0.2, 0.25) is 0 Å². The first-order chi connectivity index (χ1) is 15.6. The number of benzene rings is 3. The van der Waals surface area contributed by atoms with Gasteiger partial charge >= 0.3 is 0 Å². The van der Waals surface area contributed by atoms with Gasteiger partial charge in [-0.3, -0.25) is 9.10 Å². The number of anilines is 1. The number of amides is 1. The fraction of sp³-hybridized carbons (Fsp3) is 0.269. The Morgan fingerprint density at radius 3 is 2.12 bits per heavy atom. The molecule has 0 aliphatic heterocycles. The Morgan fingerprint density at radius 2 is 1.55 bits per heavy atom. The molecular formula is C26H30N2O3S2. The van der Waals surface area contributed by atoms with E-state index in [9.17, 15) is 13.2 Å². The number of sulfonamides is 1. The maximum Gasteiger partial charge on any atom is 0.264 e. The predicted molar refractivity (Wildman–Crippen MR) is 136 cm³/mol. The monoisotopic (exact) mass is 482 g/mol. The molecule has 1 atom stereocenters. The normalized spacial score (nSPS) is 12.3. The average Bonchev–Trinajstić information content (AvgIpc) is 2.78. The fourth-order valence-corrected chi connectivity index (χ4v) is 5.54. The Bertz CT molecular complexity index is 1220. The summed E-state index contributed by atoms with van der Waals surface area (Å²) in [5.74, 6) is -0.368. The standard InChI is InChI=1S/C26H30N2O3S2/c1-18-6-9-22(10-7-18)28(33(30,31)24-13-11-23(32-5)12-14-24)17-26(29)27-21(4)25-15-8-19(2)16-20(25)3/h6-16,21H,17H2,1-5H3,(H,27,29)/t21-/m0/s1. The maximum atomic E-state index is 13.5. The second-order valence-electron chi connectivity index (χ2n) is 8.17. The van der Waals surface area contributed by atoms with Crippen LogP contribution in [0.5, 0.6) is 0 Å². The number of carbonyl (C=O) groups is 1. The molecule has 3 aromatic rings. The van der Waals surface area contributed by atoms with Gasteiger partial charge in [-0.25, -0.2) is 8.42 Å². The first-order valence-electron chi connectivity index (χ1n) is 10.7. The summed E-state index contributed by atoms with van der Waals surface area (Å²) in [6.07, 6.45) is 1.93. The molecule has 3 rings (SSSR count). The summed E-state index contributed by atoms with van der Waals surface area (Å²) < 4.78 is 28.2. The van der Waals surface area contributed by atoms with Crippen molar-refractivity contribution >= 4 is 33.4 Å². The number of rotatable bonds is 8. The topological polar surface area (TPSA) is 66.5 Å². The molecule has 7 heteroatoms. The van der Waals surface area contributed by atoms with Crippen LogP contribution in [0, 0.1) is 20.8 Å². The molecule has 1 N–H and O–H groups in total. The molecule has 174 valence electrons. The van der Waals surface area contributed by atoms with Gasteiger partial charge in [0.2, 0.25) is 5.91 Å². The van der Waals surface area contributed by atoms with Crippen molar-refractivity contribution in [1.82, 2.24) is 5.32 Å². The molecule has 0 heterocycles. The average molecular weight is 483 g/mol. The third kappa shape index (κ3) is 5.97. The third-order valence-corrected chi connectivity index (χ3v) is 8.06. The van der Waals surface area contributed by atoms with Crippen molar-refractivity contribution in [3.05, 3.63) is 89.0 Å². The second-order valence-corrected chi connectivity index (χ2v) is 10.9. The van der Waals surface area contributed by atoms with Crippen LogP contribution in [-0.4, -0.2) is 27.1 Å². The smallest absolute Gasteiger partial charge is 0.264 e. The van der Waals surface area contributed by atoms with Gasteiger partial charge in [0.25, 0.3) is 10.0 Å². The SMILES string of the molecule is CSc1ccc(S(=O)(=O)N(CC(=O)N[C@@H](C)c2ccc(C)cc2C)c2ccc(C)cc2)cc1. The van der Waals surface area contributed by atoms with E-state index in [1.54, 1.807) is 36.4 Å². The Labute approximate surface area is 201 Å². The summed E-state index contributed by atoms with van der Waals surface area (Å²) in [5.41, 5.74) is 4.70. The molecule has 0 aliphatic carbocycles. The number of nitrogens with one attached hydrogen (secondary N) is 1. The van der Waals surface area contributed by atoms with Crippen molar-refractivity contribution in [2.75, 3.05) is 17.1 Å². The summed E-state index contributed by atoms with van der Waals surface area (Å²) in [4.78, 5) is 14.1. The molecule has 0 saturated carbocycles. The second kappa shape index (κ2) is 10.4. The lowest BCUT2D eigenvalue weighted by atomic mass is 10.0. The van der Waals surface area contributed by atoms with Crippen LogP contribution < -0.4 is 9.62 Å². The van der Waals surface area contributed by atoms with E-state index in [4.69, 9.17) is 0 Å². The molecule has 0 bridgehead atoms. The lowest BCUT2D eigenvalue weighted by Gasteiger charge is -2.25. The van der Waals surface area contributed by atoms with E-state index < -0.39 is 10.0 Å². The molecule has 1 amide bonds. The van der Waals surface area contributed by atoms with E-state index in [1.807, 2.05) is 58.2 Å². The number of nitrogens with zero attached hydrogens (tertiary/aromatic N) is 1. The molecule has 0 unspecified atom stereocenters. The molecule has 0 fully saturated rings. The largest absolute Gasteiger partial charge is 0.348 e. The van der Waals surface area contributed by atoms with Crippen molar-refractivity contribution in [3.8, 4) is 0 Å². The summed E-state index contributed by atoms with van der Waals surface area (Å²) in [6.45, 7) is 7.55. The fourth-order valence-electron chi connectivity index (χ4n) is 3.71. The minimum atomic E-state index is -3.94. The molecule has 0 radical (unpaired) electrons. The highest BCUT2D eigenvalue weighted by Gasteiger charge is 2.28. The van der Waals surface area contributed by atoms with Gasteiger partial charge in [-0.15, -0.1) is 11.8 Å². The van der Waals surface area contributed by atoms with Crippen molar-refractivity contribution in [2.45, 2.75) is 43.5 Å². The first-order valence-corrected chi connectivity index (χ1v) is 13.4. The summed E-state index contributed by atoms with van der Waals surface area (Å²) in [6, 6.07) is 19.7. The van der Waals surface area contributed by atoms with Gasteiger partial charge in [-0.1, -0.05) is 41.5 Å². The highest BCUT2D eigenvalue weighted by Crippen LogP contribution is 2.26. The van der Waals surface area contributed by atoms with Gasteiger partial charge < -0.3 is 5.32 Å². The van der Waals surface area contributed by atoms with Gasteiger partial charge in [0, 0.05) is 4.90 Å². The number of carbonyl (C=O) groups excluding carboxylic acids is 1. The lowest BCUT2D eigenvalue weighted by Crippen LogP contribution is -2.41. The van der Waals surface area contributed by atoms with Crippen LogP contribution >= 0.6 is 11.8 Å². The van der Waals surface area contributed by atoms with Gasteiger partial charge in [0.15, 0.2) is 0 Å². The van der Waals surface area contributed by atoms with Crippen LogP contribution in [0.15, 0.2) is 76.5 Å². The molecule has 33 heavy (non-hydrogen) atoms. The van der Waals surface area contributed by atoms with Gasteiger partial charge in [-0.2, -0.15) is 0 Å². The van der Waals surface area contributed by atoms with Crippen LogP contribution in [0.1, 0.15) is 35.2 Å². The van der Waals surface area contributed by atoms with E-state index >= 15 is 0 Å². The number of hydrogen-bond acceptors (Lipinski definition) is 4. The lowest BCUT2D eigenvalue weighted by molar-refractivity contribution is -0.120. The van der Waals surface area contributed by atoms with E-state index in [2.05, 4.69) is 11.4 Å². The molecule has 0 aliphatic rings. The van der Waals surface area contributed by atoms with Gasteiger partial charge in [-0.05, 0) is 81.5 Å². The summed E-state index contributed by atoms with van der Waals surface area (Å²) in [7, 11) is -3.94. The Hall–Kier alpha value is -2.77. The minimum absolute atomic E-state index is 0.149. The molecule has 5 nitrogen and oxygen atoms in total. The van der Waals surface area contributed by atoms with E-state index in [1.165, 1.54) is 16.1 Å². The predicted octanol–water partition coefficient (Wildman–Crippen LogP) is 5.41. The van der Waals surface area contributed by atoms with Crippen LogP contribution in [0.4, 0.5) is 5.69 Å². The highest BCUT2D eigenvalue weighted by molar-refractivity contribution is 7.98. The molecular weight excluding hydrogens is 452 g/mol. The van der Waals surface area contributed by atoms with Crippen molar-refractivity contribution in [1.29, 1.82) is 0 Å².